The van der Waals surface area contributed by atoms with Crippen LogP contribution in [0, 0.1) is 0 Å². The monoisotopic (exact) mass is 529 g/mol. The molecule has 0 radical (unpaired) electrons. The van der Waals surface area contributed by atoms with Crippen molar-refractivity contribution in [1.82, 2.24) is 14.8 Å². The van der Waals surface area contributed by atoms with Crippen molar-refractivity contribution in [2.75, 3.05) is 39.3 Å². The van der Waals surface area contributed by atoms with Gasteiger partial charge < -0.3 is 14.7 Å². The highest BCUT2D eigenvalue weighted by Crippen LogP contribution is 2.29. The molecule has 1 aromatic heterocycles. The van der Waals surface area contributed by atoms with Crippen LogP contribution in [0.4, 0.5) is 0 Å². The minimum Gasteiger partial charge on any atom is -0.490 e. The molecule has 0 aliphatic carbocycles. The van der Waals surface area contributed by atoms with Gasteiger partial charge in [-0.25, -0.2) is 0 Å². The lowest BCUT2D eigenvalue weighted by molar-refractivity contribution is -0.133. The van der Waals surface area contributed by atoms with Crippen molar-refractivity contribution in [3.8, 4) is 5.75 Å². The molecule has 1 aliphatic rings. The number of piperazine rings is 1. The molecule has 1 aliphatic heterocycles. The number of amides is 1. The maximum absolute atomic E-state index is 13.3. The van der Waals surface area contributed by atoms with Gasteiger partial charge in [-0.2, -0.15) is 0 Å². The Morgan fingerprint density at radius 3 is 2.24 bits per heavy atom. The van der Waals surface area contributed by atoms with Crippen molar-refractivity contribution >= 4 is 28.4 Å². The quantitative estimate of drug-likeness (QED) is 0.331. The molecule has 1 unspecified atom stereocenters. The Morgan fingerprint density at radius 1 is 0.921 bits per heavy atom. The molecule has 1 atom stereocenters. The van der Waals surface area contributed by atoms with Crippen LogP contribution in [0.15, 0.2) is 91.1 Å². The Labute approximate surface area is 228 Å². The maximum Gasteiger partial charge on any atom is 0.223 e. The standard InChI is InChI=1S/C31H32ClN3O3/c32-25-11-12-27-29(19-25)33-14-13-30(27)38-22-26(36)21-34-15-17-35(18-16-34)31(37)20-28(23-7-3-1-4-8-23)24-9-5-2-6-10-24/h1-14,19,26,28,36H,15-18,20-22H2. The van der Waals surface area contributed by atoms with E-state index in [4.69, 9.17) is 16.3 Å². The Bertz CT molecular complexity index is 1310. The number of hydrogen-bond acceptors (Lipinski definition) is 5. The maximum atomic E-state index is 13.3. The summed E-state index contributed by atoms with van der Waals surface area (Å²) in [6, 6.07) is 27.7. The Morgan fingerprint density at radius 2 is 1.58 bits per heavy atom. The van der Waals surface area contributed by atoms with Gasteiger partial charge in [0.1, 0.15) is 18.5 Å². The van der Waals surface area contributed by atoms with E-state index < -0.39 is 6.10 Å². The zero-order chi connectivity index (χ0) is 26.3. The molecule has 1 N–H and O–H groups in total. The Balaban J connectivity index is 1.12. The largest absolute Gasteiger partial charge is 0.490 e. The van der Waals surface area contributed by atoms with Gasteiger partial charge in [0.2, 0.25) is 5.91 Å². The number of hydrogen-bond donors (Lipinski definition) is 1. The van der Waals surface area contributed by atoms with Crippen LogP contribution in [0.5, 0.6) is 5.75 Å². The van der Waals surface area contributed by atoms with E-state index in [1.165, 1.54) is 0 Å². The van der Waals surface area contributed by atoms with Gasteiger partial charge in [-0.1, -0.05) is 72.3 Å². The van der Waals surface area contributed by atoms with Crippen LogP contribution < -0.4 is 4.74 Å². The molecule has 1 amide bonds. The molecule has 5 rings (SSSR count). The number of rotatable bonds is 9. The van der Waals surface area contributed by atoms with Crippen LogP contribution >= 0.6 is 11.6 Å². The second-order valence-electron chi connectivity index (χ2n) is 9.69. The molecule has 38 heavy (non-hydrogen) atoms. The SMILES string of the molecule is O=C(CC(c1ccccc1)c1ccccc1)N1CCN(CC(O)COc2ccnc3cc(Cl)ccc23)CC1. The number of halogens is 1. The number of benzene rings is 3. The van der Waals surface area contributed by atoms with Crippen LogP contribution in [0.2, 0.25) is 5.02 Å². The predicted octanol–water partition coefficient (Wildman–Crippen LogP) is 4.99. The van der Waals surface area contributed by atoms with Crippen LogP contribution in [0.1, 0.15) is 23.5 Å². The number of ether oxygens (including phenoxy) is 1. The predicted molar refractivity (Wildman–Crippen MR) is 151 cm³/mol. The van der Waals surface area contributed by atoms with Crippen molar-refractivity contribution < 1.29 is 14.6 Å². The van der Waals surface area contributed by atoms with E-state index in [0.29, 0.717) is 36.8 Å². The minimum atomic E-state index is -0.645. The lowest BCUT2D eigenvalue weighted by Gasteiger charge is -2.36. The summed E-state index contributed by atoms with van der Waals surface area (Å²) < 4.78 is 5.93. The first-order chi connectivity index (χ1) is 18.6. The third kappa shape index (κ3) is 6.51. The van der Waals surface area contributed by atoms with Crippen LogP contribution in [-0.2, 0) is 4.79 Å². The fraction of sp³-hybridized carbons (Fsp3) is 0.290. The smallest absolute Gasteiger partial charge is 0.223 e. The van der Waals surface area contributed by atoms with Crippen molar-refractivity contribution in [2.24, 2.45) is 0 Å². The van der Waals surface area contributed by atoms with Gasteiger partial charge in [0.25, 0.3) is 0 Å². The Hall–Kier alpha value is -3.45. The first-order valence-corrected chi connectivity index (χ1v) is 13.4. The first-order valence-electron chi connectivity index (χ1n) is 13.0. The molecule has 7 heteroatoms. The zero-order valence-electron chi connectivity index (χ0n) is 21.2. The van der Waals surface area contributed by atoms with Crippen LogP contribution in [0.3, 0.4) is 0 Å². The third-order valence-electron chi connectivity index (χ3n) is 7.07. The van der Waals surface area contributed by atoms with Crippen LogP contribution in [-0.4, -0.2) is 71.2 Å². The molecule has 0 bridgehead atoms. The number of β-amino-alcohol motifs (C(OH)–C–C–N with tert-alkyl or cyclic N) is 1. The zero-order valence-corrected chi connectivity index (χ0v) is 22.0. The third-order valence-corrected chi connectivity index (χ3v) is 7.31. The number of aliphatic hydroxyl groups excluding tert-OH is 1. The Kier molecular flexibility index (Phi) is 8.54. The molecular weight excluding hydrogens is 498 g/mol. The normalized spacial score (nSPS) is 15.1. The van der Waals surface area contributed by atoms with E-state index in [2.05, 4.69) is 34.1 Å². The van der Waals surface area contributed by atoms with E-state index in [1.807, 2.05) is 47.4 Å². The fourth-order valence-electron chi connectivity index (χ4n) is 5.04. The van der Waals surface area contributed by atoms with Gasteiger partial charge in [0.05, 0.1) is 5.52 Å². The summed E-state index contributed by atoms with van der Waals surface area (Å²) in [6.45, 7) is 3.42. The molecule has 1 saturated heterocycles. The second kappa shape index (κ2) is 12.4. The average molecular weight is 530 g/mol. The summed E-state index contributed by atoms with van der Waals surface area (Å²) in [6.07, 6.45) is 1.47. The van der Waals surface area contributed by atoms with E-state index in [0.717, 1.165) is 35.1 Å². The molecule has 6 nitrogen and oxygen atoms in total. The molecule has 2 heterocycles. The molecule has 1 fully saturated rings. The van der Waals surface area contributed by atoms with Crippen molar-refractivity contribution in [1.29, 1.82) is 0 Å². The summed E-state index contributed by atoms with van der Waals surface area (Å²) in [5.41, 5.74) is 3.06. The summed E-state index contributed by atoms with van der Waals surface area (Å²) in [5.74, 6) is 0.866. The van der Waals surface area contributed by atoms with Gasteiger partial charge >= 0.3 is 0 Å². The molecule has 196 valence electrons. The summed E-state index contributed by atoms with van der Waals surface area (Å²) >= 11 is 6.07. The number of fused-ring (bicyclic) bond motifs is 1. The molecule has 0 saturated carbocycles. The lowest BCUT2D eigenvalue weighted by atomic mass is 9.88. The highest BCUT2D eigenvalue weighted by Gasteiger charge is 2.26. The van der Waals surface area contributed by atoms with E-state index in [9.17, 15) is 9.90 Å². The molecule has 4 aromatic rings. The van der Waals surface area contributed by atoms with Gasteiger partial charge in [-0.3, -0.25) is 14.7 Å². The minimum absolute atomic E-state index is 0.0298. The topological polar surface area (TPSA) is 65.9 Å². The lowest BCUT2D eigenvalue weighted by Crippen LogP contribution is -2.51. The van der Waals surface area contributed by atoms with Gasteiger partial charge in [0.15, 0.2) is 0 Å². The van der Waals surface area contributed by atoms with E-state index in [1.54, 1.807) is 24.4 Å². The van der Waals surface area contributed by atoms with Crippen molar-refractivity contribution in [3.63, 3.8) is 0 Å². The number of carbonyl (C=O) groups is 1. The van der Waals surface area contributed by atoms with Crippen molar-refractivity contribution in [2.45, 2.75) is 18.4 Å². The number of pyridine rings is 1. The summed E-state index contributed by atoms with van der Waals surface area (Å²) in [5, 5.41) is 12.1. The molecular formula is C31H32ClN3O3. The number of nitrogens with zero attached hydrogens (tertiary/aromatic N) is 3. The van der Waals surface area contributed by atoms with Gasteiger partial charge in [-0.15, -0.1) is 0 Å². The number of carbonyl (C=O) groups excluding carboxylic acids is 1. The van der Waals surface area contributed by atoms with Gasteiger partial charge in [0, 0.05) is 61.7 Å². The van der Waals surface area contributed by atoms with E-state index >= 15 is 0 Å². The highest BCUT2D eigenvalue weighted by atomic mass is 35.5. The summed E-state index contributed by atoms with van der Waals surface area (Å²) in [7, 11) is 0. The highest BCUT2D eigenvalue weighted by molar-refractivity contribution is 6.31. The molecule has 3 aromatic carbocycles. The van der Waals surface area contributed by atoms with Gasteiger partial charge in [-0.05, 0) is 35.4 Å². The molecule has 0 spiro atoms. The van der Waals surface area contributed by atoms with Crippen LogP contribution in [0.25, 0.3) is 10.9 Å². The average Bonchev–Trinajstić information content (AvgIpc) is 2.95. The van der Waals surface area contributed by atoms with Crippen molar-refractivity contribution in [3.05, 3.63) is 107 Å². The second-order valence-corrected chi connectivity index (χ2v) is 10.1. The number of aromatic nitrogens is 1. The fourth-order valence-corrected chi connectivity index (χ4v) is 5.21. The summed E-state index contributed by atoms with van der Waals surface area (Å²) in [4.78, 5) is 21.8. The first kappa shape index (κ1) is 26.2. The number of aliphatic hydroxyl groups is 1. The van der Waals surface area contributed by atoms with E-state index in [-0.39, 0.29) is 18.4 Å².